The van der Waals surface area contributed by atoms with Crippen molar-refractivity contribution in [1.29, 1.82) is 0 Å². The molecule has 4 heteroatoms. The van der Waals surface area contributed by atoms with Gasteiger partial charge in [0.05, 0.1) is 10.4 Å². The van der Waals surface area contributed by atoms with E-state index in [2.05, 4.69) is 20.9 Å². The zero-order chi connectivity index (χ0) is 8.55. The Kier molecular flexibility index (Phi) is 2.07. The highest BCUT2D eigenvalue weighted by molar-refractivity contribution is 9.08. The molecular weight excluding hydrogens is 241 g/mol. The van der Waals surface area contributed by atoms with Gasteiger partial charge in [-0.15, -0.1) is 0 Å². The summed E-state index contributed by atoms with van der Waals surface area (Å²) >= 11 is 9.15. The third kappa shape index (κ3) is 1.23. The third-order valence-electron chi connectivity index (χ3n) is 1.53. The van der Waals surface area contributed by atoms with Crippen LogP contribution in [-0.4, -0.2) is 4.98 Å². The Morgan fingerprint density at radius 2 is 2.33 bits per heavy atom. The number of hydrogen-bond acceptors (Lipinski definition) is 2. The monoisotopic (exact) mass is 245 g/mol. The molecule has 0 saturated heterocycles. The average molecular weight is 246 g/mol. The average Bonchev–Trinajstić information content (AvgIpc) is 2.49. The number of rotatable bonds is 1. The Hall–Kier alpha value is -0.540. The SMILES string of the molecule is Clc1cccc2oc(CBr)nc12. The van der Waals surface area contributed by atoms with E-state index >= 15 is 0 Å². The second kappa shape index (κ2) is 3.07. The molecule has 1 aromatic carbocycles. The fourth-order valence-corrected chi connectivity index (χ4v) is 1.47. The lowest BCUT2D eigenvalue weighted by atomic mass is 10.3. The van der Waals surface area contributed by atoms with Gasteiger partial charge in [-0.1, -0.05) is 33.6 Å². The van der Waals surface area contributed by atoms with Gasteiger partial charge in [0, 0.05) is 0 Å². The van der Waals surface area contributed by atoms with E-state index in [1.807, 2.05) is 12.1 Å². The highest BCUT2D eigenvalue weighted by Gasteiger charge is 2.06. The molecule has 0 bridgehead atoms. The van der Waals surface area contributed by atoms with Gasteiger partial charge in [-0.25, -0.2) is 4.98 Å². The van der Waals surface area contributed by atoms with E-state index in [4.69, 9.17) is 16.0 Å². The van der Waals surface area contributed by atoms with Crippen molar-refractivity contribution in [3.8, 4) is 0 Å². The number of para-hydroxylation sites is 1. The standard InChI is InChI=1S/C8H5BrClNO/c9-4-7-11-8-5(10)2-1-3-6(8)12-7/h1-3H,4H2. The van der Waals surface area contributed by atoms with Gasteiger partial charge in [0.25, 0.3) is 0 Å². The van der Waals surface area contributed by atoms with E-state index in [9.17, 15) is 0 Å². The molecule has 2 aromatic rings. The van der Waals surface area contributed by atoms with Gasteiger partial charge >= 0.3 is 0 Å². The number of halogens is 2. The molecule has 12 heavy (non-hydrogen) atoms. The Labute approximate surface area is 82.7 Å². The van der Waals surface area contributed by atoms with Crippen LogP contribution < -0.4 is 0 Å². The van der Waals surface area contributed by atoms with Gasteiger partial charge in [0.1, 0.15) is 5.52 Å². The van der Waals surface area contributed by atoms with Crippen LogP contribution in [0.5, 0.6) is 0 Å². The Morgan fingerprint density at radius 3 is 3.00 bits per heavy atom. The second-order valence-corrected chi connectivity index (χ2v) is 3.30. The van der Waals surface area contributed by atoms with Crippen LogP contribution in [0.4, 0.5) is 0 Å². The molecule has 0 aliphatic carbocycles. The molecule has 2 nitrogen and oxygen atoms in total. The number of nitrogens with zero attached hydrogens (tertiary/aromatic N) is 1. The Morgan fingerprint density at radius 1 is 1.50 bits per heavy atom. The van der Waals surface area contributed by atoms with Crippen LogP contribution in [0.25, 0.3) is 11.1 Å². The largest absolute Gasteiger partial charge is 0.440 e. The van der Waals surface area contributed by atoms with Crippen LogP contribution in [0.1, 0.15) is 5.89 Å². The molecule has 62 valence electrons. The van der Waals surface area contributed by atoms with Gasteiger partial charge in [0.15, 0.2) is 5.58 Å². The number of alkyl halides is 1. The maximum atomic E-state index is 5.89. The quantitative estimate of drug-likeness (QED) is 0.721. The zero-order valence-electron chi connectivity index (χ0n) is 6.05. The van der Waals surface area contributed by atoms with E-state index < -0.39 is 0 Å². The summed E-state index contributed by atoms with van der Waals surface area (Å²) in [5.74, 6) is 0.651. The molecule has 2 rings (SSSR count). The van der Waals surface area contributed by atoms with Gasteiger partial charge in [-0.3, -0.25) is 0 Å². The first-order valence-electron chi connectivity index (χ1n) is 3.41. The van der Waals surface area contributed by atoms with Crippen molar-refractivity contribution in [2.45, 2.75) is 5.33 Å². The molecule has 0 N–H and O–H groups in total. The molecule has 0 atom stereocenters. The van der Waals surface area contributed by atoms with Crippen LogP contribution in [0.2, 0.25) is 5.02 Å². The molecule has 0 saturated carbocycles. The molecule has 0 unspecified atom stereocenters. The summed E-state index contributed by atoms with van der Waals surface area (Å²) in [7, 11) is 0. The first-order chi connectivity index (χ1) is 5.81. The van der Waals surface area contributed by atoms with Gasteiger partial charge in [-0.05, 0) is 12.1 Å². The normalized spacial score (nSPS) is 10.8. The summed E-state index contributed by atoms with van der Waals surface area (Å²) < 4.78 is 5.36. The van der Waals surface area contributed by atoms with Crippen molar-refractivity contribution in [3.63, 3.8) is 0 Å². The van der Waals surface area contributed by atoms with E-state index in [1.54, 1.807) is 6.07 Å². The first kappa shape index (κ1) is 8.08. The molecule has 0 aliphatic rings. The topological polar surface area (TPSA) is 26.0 Å². The van der Waals surface area contributed by atoms with Crippen molar-refractivity contribution < 1.29 is 4.42 Å². The summed E-state index contributed by atoms with van der Waals surface area (Å²) in [5.41, 5.74) is 1.46. The number of benzene rings is 1. The van der Waals surface area contributed by atoms with Crippen molar-refractivity contribution in [2.24, 2.45) is 0 Å². The van der Waals surface area contributed by atoms with Gasteiger partial charge in [-0.2, -0.15) is 0 Å². The highest BCUT2D eigenvalue weighted by atomic mass is 79.9. The van der Waals surface area contributed by atoms with E-state index in [0.717, 1.165) is 11.1 Å². The molecular formula is C8H5BrClNO. The lowest BCUT2D eigenvalue weighted by Crippen LogP contribution is -1.73. The summed E-state index contributed by atoms with van der Waals surface area (Å²) in [6.07, 6.45) is 0. The summed E-state index contributed by atoms with van der Waals surface area (Å²) in [4.78, 5) is 4.19. The van der Waals surface area contributed by atoms with Crippen molar-refractivity contribution in [2.75, 3.05) is 0 Å². The van der Waals surface area contributed by atoms with Crippen molar-refractivity contribution in [1.82, 2.24) is 4.98 Å². The molecule has 1 aromatic heterocycles. The second-order valence-electron chi connectivity index (χ2n) is 2.33. The Bertz CT molecular complexity index is 412. The van der Waals surface area contributed by atoms with Gasteiger partial charge in [0.2, 0.25) is 5.89 Å². The van der Waals surface area contributed by atoms with Crippen LogP contribution in [0, 0.1) is 0 Å². The maximum absolute atomic E-state index is 5.89. The number of aromatic nitrogens is 1. The first-order valence-corrected chi connectivity index (χ1v) is 4.91. The van der Waals surface area contributed by atoms with E-state index in [1.165, 1.54) is 0 Å². The lowest BCUT2D eigenvalue weighted by molar-refractivity contribution is 0.557. The maximum Gasteiger partial charge on any atom is 0.206 e. The van der Waals surface area contributed by atoms with Crippen LogP contribution in [-0.2, 0) is 5.33 Å². The molecule has 0 radical (unpaired) electrons. The molecule has 0 spiro atoms. The van der Waals surface area contributed by atoms with E-state index in [0.29, 0.717) is 16.2 Å². The lowest BCUT2D eigenvalue weighted by Gasteiger charge is -1.86. The minimum atomic E-state index is 0.609. The number of oxazole rings is 1. The van der Waals surface area contributed by atoms with Crippen molar-refractivity contribution in [3.05, 3.63) is 29.1 Å². The molecule has 0 aliphatic heterocycles. The fourth-order valence-electron chi connectivity index (χ4n) is 1.02. The Balaban J connectivity index is 2.74. The van der Waals surface area contributed by atoms with E-state index in [-0.39, 0.29) is 0 Å². The number of fused-ring (bicyclic) bond motifs is 1. The predicted molar refractivity (Wildman–Crippen MR) is 51.7 cm³/mol. The van der Waals surface area contributed by atoms with Crippen LogP contribution in [0.3, 0.4) is 0 Å². The predicted octanol–water partition coefficient (Wildman–Crippen LogP) is 3.38. The smallest absolute Gasteiger partial charge is 0.206 e. The third-order valence-corrected chi connectivity index (χ3v) is 2.31. The highest BCUT2D eigenvalue weighted by Crippen LogP contribution is 2.23. The zero-order valence-corrected chi connectivity index (χ0v) is 8.39. The summed E-state index contributed by atoms with van der Waals surface area (Å²) in [6, 6.07) is 5.48. The van der Waals surface area contributed by atoms with Gasteiger partial charge < -0.3 is 4.42 Å². The number of hydrogen-bond donors (Lipinski definition) is 0. The minimum Gasteiger partial charge on any atom is -0.440 e. The van der Waals surface area contributed by atoms with Crippen molar-refractivity contribution >= 4 is 38.6 Å². The molecule has 1 heterocycles. The summed E-state index contributed by atoms with van der Waals surface area (Å²) in [5, 5.41) is 1.24. The van der Waals surface area contributed by atoms with Crippen LogP contribution >= 0.6 is 27.5 Å². The molecule has 0 amide bonds. The summed E-state index contributed by atoms with van der Waals surface area (Å²) in [6.45, 7) is 0. The minimum absolute atomic E-state index is 0.609. The van der Waals surface area contributed by atoms with Crippen LogP contribution in [0.15, 0.2) is 22.6 Å². The molecule has 0 fully saturated rings. The fraction of sp³-hybridized carbons (Fsp3) is 0.125.